The predicted molar refractivity (Wildman–Crippen MR) is 90.4 cm³/mol. The van der Waals surface area contributed by atoms with Crippen molar-refractivity contribution in [1.82, 2.24) is 0 Å². The largest absolute Gasteiger partial charge is 0.491 e. The van der Waals surface area contributed by atoms with Crippen LogP contribution in [0.15, 0.2) is 59.6 Å². The minimum absolute atomic E-state index is 0.0776. The number of carbonyl (C=O) groups excluding carboxylic acids is 1. The highest BCUT2D eigenvalue weighted by molar-refractivity contribution is 6.09. The summed E-state index contributed by atoms with van der Waals surface area (Å²) < 4.78 is 5.68. The third-order valence-corrected chi connectivity index (χ3v) is 3.15. The summed E-state index contributed by atoms with van der Waals surface area (Å²) >= 11 is 0. The number of carbonyl (C=O) groups is 1. The average molecular weight is 295 g/mol. The van der Waals surface area contributed by atoms with E-state index in [0.717, 1.165) is 23.6 Å². The molecule has 3 heteroatoms. The van der Waals surface area contributed by atoms with Crippen LogP contribution in [0.5, 0.6) is 5.75 Å². The maximum atomic E-state index is 12.2. The molecule has 0 heterocycles. The summed E-state index contributed by atoms with van der Waals surface area (Å²) in [5.74, 6) is 0.838. The van der Waals surface area contributed by atoms with Gasteiger partial charge in [-0.15, -0.1) is 0 Å². The van der Waals surface area contributed by atoms with E-state index >= 15 is 0 Å². The van der Waals surface area contributed by atoms with Gasteiger partial charge in [0.05, 0.1) is 6.61 Å². The van der Waals surface area contributed by atoms with E-state index in [1.54, 1.807) is 0 Å². The van der Waals surface area contributed by atoms with Crippen LogP contribution in [0.3, 0.4) is 0 Å². The van der Waals surface area contributed by atoms with E-state index in [9.17, 15) is 4.79 Å². The highest BCUT2D eigenvalue weighted by atomic mass is 16.5. The summed E-state index contributed by atoms with van der Waals surface area (Å²) in [4.78, 5) is 16.7. The highest BCUT2D eigenvalue weighted by Gasteiger charge is 2.08. The molecular weight excluding hydrogens is 274 g/mol. The van der Waals surface area contributed by atoms with E-state index in [1.807, 2.05) is 61.5 Å². The Labute approximate surface area is 131 Å². The van der Waals surface area contributed by atoms with Gasteiger partial charge in [-0.3, -0.25) is 9.79 Å². The van der Waals surface area contributed by atoms with Gasteiger partial charge in [-0.25, -0.2) is 0 Å². The number of aliphatic imine (C=N–C) groups is 1. The van der Waals surface area contributed by atoms with E-state index < -0.39 is 0 Å². The topological polar surface area (TPSA) is 38.7 Å². The Hall–Kier alpha value is -2.42. The van der Waals surface area contributed by atoms with Crippen LogP contribution in [0.2, 0.25) is 0 Å². The van der Waals surface area contributed by atoms with Gasteiger partial charge in [-0.2, -0.15) is 0 Å². The van der Waals surface area contributed by atoms with Crippen LogP contribution in [-0.4, -0.2) is 18.1 Å². The van der Waals surface area contributed by atoms with Gasteiger partial charge in [0.1, 0.15) is 11.4 Å². The second kappa shape index (κ2) is 8.13. The molecule has 0 aromatic heterocycles. The van der Waals surface area contributed by atoms with Crippen LogP contribution in [0, 0.1) is 0 Å². The zero-order valence-electron chi connectivity index (χ0n) is 13.1. The minimum Gasteiger partial charge on any atom is -0.491 e. The monoisotopic (exact) mass is 295 g/mol. The lowest BCUT2D eigenvalue weighted by atomic mass is 10.1. The summed E-state index contributed by atoms with van der Waals surface area (Å²) in [6.45, 7) is 4.60. The van der Waals surface area contributed by atoms with Crippen LogP contribution in [0.4, 0.5) is 5.69 Å². The summed E-state index contributed by atoms with van der Waals surface area (Å²) in [6, 6.07) is 16.9. The van der Waals surface area contributed by atoms with E-state index in [4.69, 9.17) is 4.74 Å². The zero-order chi connectivity index (χ0) is 15.8. The van der Waals surface area contributed by atoms with Crippen LogP contribution < -0.4 is 4.74 Å². The normalized spacial score (nSPS) is 11.3. The van der Waals surface area contributed by atoms with Gasteiger partial charge in [-0.1, -0.05) is 49.4 Å². The van der Waals surface area contributed by atoms with Crippen molar-refractivity contribution < 1.29 is 9.53 Å². The molecule has 0 unspecified atom stereocenters. The van der Waals surface area contributed by atoms with Crippen LogP contribution in [-0.2, 0) is 0 Å². The molecule has 114 valence electrons. The van der Waals surface area contributed by atoms with Crippen molar-refractivity contribution in [3.05, 3.63) is 60.2 Å². The fraction of sp³-hybridized carbons (Fsp3) is 0.263. The zero-order valence-corrected chi connectivity index (χ0v) is 13.1. The molecule has 3 nitrogen and oxygen atoms in total. The minimum atomic E-state index is 0.0776. The quantitative estimate of drug-likeness (QED) is 0.541. The number of ether oxygens (including phenoxy) is 1. The first-order valence-electron chi connectivity index (χ1n) is 7.55. The number of hydrogen-bond acceptors (Lipinski definition) is 3. The standard InChI is InChI=1S/C19H21NO2/c1-3-13-22-19-12-8-7-11-17(19)20-15(2)14-18(21)16-9-5-4-6-10-16/h4-12H,3,13-14H2,1-2H3. The smallest absolute Gasteiger partial charge is 0.168 e. The van der Waals surface area contributed by atoms with Crippen molar-refractivity contribution in [2.75, 3.05) is 6.61 Å². The molecule has 0 spiro atoms. The first-order chi connectivity index (χ1) is 10.7. The van der Waals surface area contributed by atoms with Gasteiger partial charge in [0.25, 0.3) is 0 Å². The van der Waals surface area contributed by atoms with Gasteiger partial charge in [0.2, 0.25) is 0 Å². The Morgan fingerprint density at radius 1 is 1.05 bits per heavy atom. The number of ketones is 1. The number of benzene rings is 2. The summed E-state index contributed by atoms with van der Waals surface area (Å²) in [5.41, 5.74) is 2.27. The van der Waals surface area contributed by atoms with E-state index in [0.29, 0.717) is 18.6 Å². The maximum Gasteiger partial charge on any atom is 0.168 e. The molecule has 2 aromatic rings. The first kappa shape index (κ1) is 16.0. The average Bonchev–Trinajstić information content (AvgIpc) is 2.54. The lowest BCUT2D eigenvalue weighted by molar-refractivity contribution is 0.100. The number of Topliss-reactive ketones (excluding diaryl/α,β-unsaturated/α-hetero) is 1. The Balaban J connectivity index is 2.10. The number of nitrogens with zero attached hydrogens (tertiary/aromatic N) is 1. The molecule has 0 aliphatic heterocycles. The van der Waals surface area contributed by atoms with Crippen molar-refractivity contribution in [3.8, 4) is 5.75 Å². The third kappa shape index (κ3) is 4.55. The molecule has 0 atom stereocenters. The Morgan fingerprint density at radius 3 is 2.45 bits per heavy atom. The van der Waals surface area contributed by atoms with Gasteiger partial charge >= 0.3 is 0 Å². The van der Waals surface area contributed by atoms with Gasteiger partial charge < -0.3 is 4.74 Å². The summed E-state index contributed by atoms with van der Waals surface area (Å²) in [5, 5.41) is 0. The van der Waals surface area contributed by atoms with Crippen molar-refractivity contribution in [2.45, 2.75) is 26.7 Å². The van der Waals surface area contributed by atoms with E-state index in [-0.39, 0.29) is 5.78 Å². The Morgan fingerprint density at radius 2 is 1.73 bits per heavy atom. The number of rotatable bonds is 7. The van der Waals surface area contributed by atoms with Crippen molar-refractivity contribution >= 4 is 17.2 Å². The van der Waals surface area contributed by atoms with Crippen LogP contribution in [0.1, 0.15) is 37.0 Å². The van der Waals surface area contributed by atoms with E-state index in [1.165, 1.54) is 0 Å². The number of hydrogen-bond donors (Lipinski definition) is 0. The second-order valence-corrected chi connectivity index (χ2v) is 5.13. The molecule has 0 saturated heterocycles. The maximum absolute atomic E-state index is 12.2. The molecule has 0 saturated carbocycles. The molecule has 0 N–H and O–H groups in total. The molecule has 0 bridgehead atoms. The number of para-hydroxylation sites is 2. The molecular formula is C19H21NO2. The lowest BCUT2D eigenvalue weighted by Gasteiger charge is -2.08. The molecule has 2 rings (SSSR count). The predicted octanol–water partition coefficient (Wildman–Crippen LogP) is 4.84. The SMILES string of the molecule is CCCOc1ccccc1N=C(C)CC(=O)c1ccccc1. The fourth-order valence-corrected chi connectivity index (χ4v) is 2.09. The van der Waals surface area contributed by atoms with Crippen molar-refractivity contribution in [1.29, 1.82) is 0 Å². The fourth-order valence-electron chi connectivity index (χ4n) is 2.09. The molecule has 22 heavy (non-hydrogen) atoms. The molecule has 2 aromatic carbocycles. The summed E-state index contributed by atoms with van der Waals surface area (Å²) in [7, 11) is 0. The molecule has 0 aliphatic carbocycles. The van der Waals surface area contributed by atoms with Crippen LogP contribution >= 0.6 is 0 Å². The lowest BCUT2D eigenvalue weighted by Crippen LogP contribution is -2.05. The van der Waals surface area contributed by atoms with Crippen molar-refractivity contribution in [2.24, 2.45) is 4.99 Å². The van der Waals surface area contributed by atoms with Gasteiger partial charge in [0, 0.05) is 17.7 Å². The van der Waals surface area contributed by atoms with Gasteiger partial charge in [-0.05, 0) is 25.5 Å². The summed E-state index contributed by atoms with van der Waals surface area (Å²) in [6.07, 6.45) is 1.26. The molecule has 0 radical (unpaired) electrons. The van der Waals surface area contributed by atoms with E-state index in [2.05, 4.69) is 11.9 Å². The van der Waals surface area contributed by atoms with Crippen molar-refractivity contribution in [3.63, 3.8) is 0 Å². The molecule has 0 fully saturated rings. The Kier molecular flexibility index (Phi) is 5.90. The molecule has 0 amide bonds. The van der Waals surface area contributed by atoms with Gasteiger partial charge in [0.15, 0.2) is 5.78 Å². The van der Waals surface area contributed by atoms with Crippen LogP contribution in [0.25, 0.3) is 0 Å². The first-order valence-corrected chi connectivity index (χ1v) is 7.55. The highest BCUT2D eigenvalue weighted by Crippen LogP contribution is 2.27. The third-order valence-electron chi connectivity index (χ3n) is 3.15. The second-order valence-electron chi connectivity index (χ2n) is 5.13. The molecule has 0 aliphatic rings. The Bertz CT molecular complexity index is 647.